The van der Waals surface area contributed by atoms with Gasteiger partial charge < -0.3 is 8.98 Å². The summed E-state index contributed by atoms with van der Waals surface area (Å²) in [5.41, 5.74) is 3.62. The van der Waals surface area contributed by atoms with Crippen molar-refractivity contribution in [2.45, 2.75) is 6.92 Å². The molecule has 0 bridgehead atoms. The minimum absolute atomic E-state index is 0.439. The third-order valence-corrected chi connectivity index (χ3v) is 3.06. The van der Waals surface area contributed by atoms with Crippen LogP contribution in [0.25, 0.3) is 22.4 Å². The molecule has 90 valence electrons. The molecule has 0 radical (unpaired) electrons. The lowest BCUT2D eigenvalue weighted by molar-refractivity contribution is 0.112. The van der Waals surface area contributed by atoms with Crippen molar-refractivity contribution in [1.82, 2.24) is 14.5 Å². The summed E-state index contributed by atoms with van der Waals surface area (Å²) in [5.74, 6) is 0.796. The first-order valence-corrected chi connectivity index (χ1v) is 5.53. The molecule has 5 heteroatoms. The Balaban J connectivity index is 2.27. The van der Waals surface area contributed by atoms with Crippen LogP contribution in [0.2, 0.25) is 0 Å². The lowest BCUT2D eigenvalue weighted by Gasteiger charge is -2.04. The molecule has 0 atom stereocenters. The maximum atomic E-state index is 11.1. The normalized spacial score (nSPS) is 11.0. The lowest BCUT2D eigenvalue weighted by Crippen LogP contribution is -1.95. The molecular formula is C13H11N3O2. The highest BCUT2D eigenvalue weighted by Gasteiger charge is 2.14. The summed E-state index contributed by atoms with van der Waals surface area (Å²) in [7, 11) is 1.88. The summed E-state index contributed by atoms with van der Waals surface area (Å²) in [6.07, 6.45) is 2.18. The standard InChI is InChI=1S/C13H11N3O2/c1-8-15-11(6-17)13(16(8)2)9-3-4-10-12(5-9)18-7-14-10/h3-7H,1-2H3. The smallest absolute Gasteiger partial charge is 0.181 e. The van der Waals surface area contributed by atoms with Gasteiger partial charge in [-0.2, -0.15) is 0 Å². The largest absolute Gasteiger partial charge is 0.443 e. The Bertz CT molecular complexity index is 740. The number of carbonyl (C=O) groups excluding carboxylic acids is 1. The molecular weight excluding hydrogens is 230 g/mol. The number of hydrogen-bond donors (Lipinski definition) is 0. The highest BCUT2D eigenvalue weighted by atomic mass is 16.3. The van der Waals surface area contributed by atoms with Crippen LogP contribution in [0, 0.1) is 6.92 Å². The number of benzene rings is 1. The summed E-state index contributed by atoms with van der Waals surface area (Å²) >= 11 is 0. The summed E-state index contributed by atoms with van der Waals surface area (Å²) in [6.45, 7) is 1.86. The number of aryl methyl sites for hydroxylation is 1. The number of hydrogen-bond acceptors (Lipinski definition) is 4. The van der Waals surface area contributed by atoms with E-state index in [0.29, 0.717) is 11.3 Å². The SMILES string of the molecule is Cc1nc(C=O)c(-c2ccc3ncoc3c2)n1C. The van der Waals surface area contributed by atoms with Crippen LogP contribution < -0.4 is 0 Å². The molecule has 0 aliphatic rings. The van der Waals surface area contributed by atoms with Crippen molar-refractivity contribution >= 4 is 17.4 Å². The van der Waals surface area contributed by atoms with Crippen LogP contribution in [0.5, 0.6) is 0 Å². The molecule has 0 unspecified atom stereocenters. The van der Waals surface area contributed by atoms with Crippen LogP contribution >= 0.6 is 0 Å². The van der Waals surface area contributed by atoms with Gasteiger partial charge in [0.25, 0.3) is 0 Å². The fourth-order valence-corrected chi connectivity index (χ4v) is 2.06. The second-order valence-electron chi connectivity index (χ2n) is 4.10. The molecule has 18 heavy (non-hydrogen) atoms. The van der Waals surface area contributed by atoms with Crippen molar-refractivity contribution in [1.29, 1.82) is 0 Å². The first-order valence-electron chi connectivity index (χ1n) is 5.53. The van der Waals surface area contributed by atoms with E-state index in [9.17, 15) is 4.79 Å². The van der Waals surface area contributed by atoms with E-state index in [1.165, 1.54) is 6.39 Å². The monoisotopic (exact) mass is 241 g/mol. The average Bonchev–Trinajstić information content (AvgIpc) is 2.94. The molecule has 3 rings (SSSR count). The molecule has 2 heterocycles. The van der Waals surface area contributed by atoms with Gasteiger partial charge in [0.2, 0.25) is 0 Å². The highest BCUT2D eigenvalue weighted by Crippen LogP contribution is 2.26. The van der Waals surface area contributed by atoms with E-state index in [-0.39, 0.29) is 0 Å². The number of rotatable bonds is 2. The molecule has 0 aliphatic carbocycles. The minimum atomic E-state index is 0.439. The van der Waals surface area contributed by atoms with Crippen molar-refractivity contribution in [3.05, 3.63) is 36.1 Å². The van der Waals surface area contributed by atoms with Crippen LogP contribution in [0.4, 0.5) is 0 Å². The zero-order valence-electron chi connectivity index (χ0n) is 10.0. The number of imidazole rings is 1. The topological polar surface area (TPSA) is 60.9 Å². The Kier molecular flexibility index (Phi) is 2.26. The van der Waals surface area contributed by atoms with Crippen molar-refractivity contribution in [2.24, 2.45) is 7.05 Å². The van der Waals surface area contributed by atoms with E-state index in [1.807, 2.05) is 36.7 Å². The Labute approximate surface area is 103 Å². The first-order chi connectivity index (χ1) is 8.70. The molecule has 3 aromatic rings. The number of fused-ring (bicyclic) bond motifs is 1. The van der Waals surface area contributed by atoms with Gasteiger partial charge in [0, 0.05) is 12.6 Å². The van der Waals surface area contributed by atoms with Gasteiger partial charge in [-0.15, -0.1) is 0 Å². The number of nitrogens with zero attached hydrogens (tertiary/aromatic N) is 3. The lowest BCUT2D eigenvalue weighted by atomic mass is 10.1. The fraction of sp³-hybridized carbons (Fsp3) is 0.154. The minimum Gasteiger partial charge on any atom is -0.443 e. The molecule has 0 spiro atoms. The first kappa shape index (κ1) is 10.7. The van der Waals surface area contributed by atoms with Crippen LogP contribution in [-0.2, 0) is 7.05 Å². The van der Waals surface area contributed by atoms with Crippen LogP contribution in [0.1, 0.15) is 16.3 Å². The third-order valence-electron chi connectivity index (χ3n) is 3.06. The Morgan fingerprint density at radius 3 is 3.00 bits per heavy atom. The fourth-order valence-electron chi connectivity index (χ4n) is 2.06. The van der Waals surface area contributed by atoms with Gasteiger partial charge >= 0.3 is 0 Å². The molecule has 0 amide bonds. The predicted molar refractivity (Wildman–Crippen MR) is 66.3 cm³/mol. The summed E-state index contributed by atoms with van der Waals surface area (Å²) in [5, 5.41) is 0. The van der Waals surface area contributed by atoms with Gasteiger partial charge in [-0.3, -0.25) is 4.79 Å². The molecule has 2 aromatic heterocycles. The van der Waals surface area contributed by atoms with Gasteiger partial charge in [-0.25, -0.2) is 9.97 Å². The molecule has 5 nitrogen and oxygen atoms in total. The molecule has 0 saturated heterocycles. The zero-order chi connectivity index (χ0) is 12.7. The Morgan fingerprint density at radius 1 is 1.39 bits per heavy atom. The van der Waals surface area contributed by atoms with Crippen molar-refractivity contribution in [3.8, 4) is 11.3 Å². The van der Waals surface area contributed by atoms with E-state index in [1.54, 1.807) is 0 Å². The predicted octanol–water partition coefficient (Wildman–Crippen LogP) is 2.35. The van der Waals surface area contributed by atoms with E-state index in [4.69, 9.17) is 4.42 Å². The average molecular weight is 241 g/mol. The summed E-state index contributed by atoms with van der Waals surface area (Å²) < 4.78 is 7.16. The van der Waals surface area contributed by atoms with Gasteiger partial charge in [-0.1, -0.05) is 6.07 Å². The van der Waals surface area contributed by atoms with E-state index in [2.05, 4.69) is 9.97 Å². The van der Waals surface area contributed by atoms with Crippen molar-refractivity contribution in [2.75, 3.05) is 0 Å². The number of aldehydes is 1. The van der Waals surface area contributed by atoms with Gasteiger partial charge in [0.1, 0.15) is 17.0 Å². The number of carbonyl (C=O) groups is 1. The van der Waals surface area contributed by atoms with E-state index < -0.39 is 0 Å². The van der Waals surface area contributed by atoms with Crippen LogP contribution in [0.15, 0.2) is 29.0 Å². The summed E-state index contributed by atoms with van der Waals surface area (Å²) in [4.78, 5) is 19.4. The zero-order valence-corrected chi connectivity index (χ0v) is 10.0. The highest BCUT2D eigenvalue weighted by molar-refractivity contribution is 5.87. The van der Waals surface area contributed by atoms with E-state index in [0.717, 1.165) is 28.9 Å². The Hall–Kier alpha value is -2.43. The van der Waals surface area contributed by atoms with Crippen molar-refractivity contribution in [3.63, 3.8) is 0 Å². The van der Waals surface area contributed by atoms with Crippen LogP contribution in [0.3, 0.4) is 0 Å². The van der Waals surface area contributed by atoms with Crippen LogP contribution in [-0.4, -0.2) is 20.8 Å². The molecule has 1 aromatic carbocycles. The van der Waals surface area contributed by atoms with E-state index >= 15 is 0 Å². The molecule has 0 N–H and O–H groups in total. The maximum Gasteiger partial charge on any atom is 0.181 e. The quantitative estimate of drug-likeness (QED) is 0.646. The number of aromatic nitrogens is 3. The summed E-state index contributed by atoms with van der Waals surface area (Å²) in [6, 6.07) is 5.64. The second-order valence-corrected chi connectivity index (χ2v) is 4.10. The molecule has 0 fully saturated rings. The maximum absolute atomic E-state index is 11.1. The Morgan fingerprint density at radius 2 is 2.22 bits per heavy atom. The molecule has 0 saturated carbocycles. The molecule has 0 aliphatic heterocycles. The second kappa shape index (κ2) is 3.80. The van der Waals surface area contributed by atoms with Crippen molar-refractivity contribution < 1.29 is 9.21 Å². The van der Waals surface area contributed by atoms with Gasteiger partial charge in [0.15, 0.2) is 18.3 Å². The van der Waals surface area contributed by atoms with Gasteiger partial charge in [0.05, 0.1) is 5.69 Å². The van der Waals surface area contributed by atoms with Gasteiger partial charge in [-0.05, 0) is 19.1 Å². The number of oxazole rings is 1. The third kappa shape index (κ3) is 1.44.